The molecule has 0 aliphatic carbocycles. The number of halogens is 1. The summed E-state index contributed by atoms with van der Waals surface area (Å²) >= 11 is 6.14. The zero-order chi connectivity index (χ0) is 23.6. The molecule has 0 saturated carbocycles. The first-order chi connectivity index (χ1) is 15.9. The maximum Gasteiger partial charge on any atom is 0.262 e. The fourth-order valence-corrected chi connectivity index (χ4v) is 3.21. The van der Waals surface area contributed by atoms with Crippen molar-refractivity contribution in [3.63, 3.8) is 0 Å². The first-order valence-electron chi connectivity index (χ1n) is 10.6. The lowest BCUT2D eigenvalue weighted by Crippen LogP contribution is -2.48. The summed E-state index contributed by atoms with van der Waals surface area (Å²) in [6, 6.07) is 22.9. The predicted molar refractivity (Wildman–Crippen MR) is 130 cm³/mol. The highest BCUT2D eigenvalue weighted by Crippen LogP contribution is 2.18. The normalized spacial score (nSPS) is 11.9. The maximum atomic E-state index is 12.6. The molecule has 7 heteroatoms. The third-order valence-corrected chi connectivity index (χ3v) is 5.26. The molecule has 0 aliphatic heterocycles. The largest absolute Gasteiger partial charge is 0.489 e. The zero-order valence-electron chi connectivity index (χ0n) is 18.5. The average Bonchev–Trinajstić information content (AvgIpc) is 2.83. The van der Waals surface area contributed by atoms with E-state index < -0.39 is 6.04 Å². The second kappa shape index (κ2) is 11.8. The van der Waals surface area contributed by atoms with Crippen LogP contribution in [-0.4, -0.2) is 24.1 Å². The van der Waals surface area contributed by atoms with Gasteiger partial charge in [0.1, 0.15) is 18.4 Å². The van der Waals surface area contributed by atoms with Crippen LogP contribution in [0.2, 0.25) is 5.02 Å². The Hall–Kier alpha value is -3.64. The van der Waals surface area contributed by atoms with Gasteiger partial charge in [-0.2, -0.15) is 5.10 Å². The molecule has 170 valence electrons. The van der Waals surface area contributed by atoms with Crippen LogP contribution in [0.4, 0.5) is 0 Å². The summed E-state index contributed by atoms with van der Waals surface area (Å²) < 4.78 is 5.76. The minimum absolute atomic E-state index is 0.109. The number of carbonyl (C=O) groups is 2. The highest BCUT2D eigenvalue weighted by molar-refractivity contribution is 6.31. The van der Waals surface area contributed by atoms with Crippen LogP contribution in [0.5, 0.6) is 5.75 Å². The fraction of sp³-hybridized carbons (Fsp3) is 0.192. The number of amides is 2. The average molecular weight is 464 g/mol. The van der Waals surface area contributed by atoms with Gasteiger partial charge in [-0.1, -0.05) is 61.8 Å². The molecule has 0 heterocycles. The van der Waals surface area contributed by atoms with Crippen molar-refractivity contribution in [2.24, 2.45) is 11.0 Å². The minimum Gasteiger partial charge on any atom is -0.489 e. The molecule has 6 nitrogen and oxygen atoms in total. The van der Waals surface area contributed by atoms with E-state index in [1.54, 1.807) is 24.3 Å². The van der Waals surface area contributed by atoms with Crippen LogP contribution >= 0.6 is 11.6 Å². The monoisotopic (exact) mass is 463 g/mol. The Morgan fingerprint density at radius 2 is 1.64 bits per heavy atom. The SMILES string of the molecule is CC(C)C(NC(=O)c1ccccc1)C(=O)NN=Cc1ccc(OCc2ccccc2Cl)cc1. The molecular weight excluding hydrogens is 438 g/mol. The third kappa shape index (κ3) is 7.19. The van der Waals surface area contributed by atoms with Crippen molar-refractivity contribution in [3.05, 3.63) is 101 Å². The molecule has 0 radical (unpaired) electrons. The van der Waals surface area contributed by atoms with Crippen LogP contribution in [0.15, 0.2) is 84.0 Å². The lowest BCUT2D eigenvalue weighted by Gasteiger charge is -2.20. The topological polar surface area (TPSA) is 79.8 Å². The molecule has 0 saturated heterocycles. The molecule has 1 unspecified atom stereocenters. The quantitative estimate of drug-likeness (QED) is 0.352. The highest BCUT2D eigenvalue weighted by Gasteiger charge is 2.24. The Morgan fingerprint density at radius 1 is 0.970 bits per heavy atom. The molecule has 1 atom stereocenters. The molecule has 2 amide bonds. The molecule has 0 spiro atoms. The van der Waals surface area contributed by atoms with Gasteiger partial charge >= 0.3 is 0 Å². The van der Waals surface area contributed by atoms with Crippen molar-refractivity contribution < 1.29 is 14.3 Å². The number of rotatable bonds is 9. The van der Waals surface area contributed by atoms with Gasteiger partial charge in [-0.15, -0.1) is 0 Å². The molecule has 0 fully saturated rings. The number of ether oxygens (including phenoxy) is 1. The van der Waals surface area contributed by atoms with Crippen molar-refractivity contribution >= 4 is 29.6 Å². The number of hydrogen-bond donors (Lipinski definition) is 2. The molecular formula is C26H26ClN3O3. The van der Waals surface area contributed by atoms with E-state index in [0.717, 1.165) is 11.1 Å². The van der Waals surface area contributed by atoms with E-state index in [1.807, 2.05) is 68.4 Å². The van der Waals surface area contributed by atoms with Gasteiger partial charge in [0.25, 0.3) is 11.8 Å². The van der Waals surface area contributed by atoms with Crippen molar-refractivity contribution in [1.29, 1.82) is 0 Å². The van der Waals surface area contributed by atoms with Gasteiger partial charge in [0.15, 0.2) is 0 Å². The fourth-order valence-electron chi connectivity index (χ4n) is 3.02. The summed E-state index contributed by atoms with van der Waals surface area (Å²) in [4.78, 5) is 25.0. The summed E-state index contributed by atoms with van der Waals surface area (Å²) in [7, 11) is 0. The number of benzene rings is 3. The lowest BCUT2D eigenvalue weighted by atomic mass is 10.0. The maximum absolute atomic E-state index is 12.6. The van der Waals surface area contributed by atoms with Crippen molar-refractivity contribution in [1.82, 2.24) is 10.7 Å². The standard InChI is InChI=1S/C26H26ClN3O3/c1-18(2)24(29-25(31)20-8-4-3-5-9-20)26(32)30-28-16-19-12-14-22(15-13-19)33-17-21-10-6-7-11-23(21)27/h3-16,18,24H,17H2,1-2H3,(H,29,31)(H,30,32). The zero-order valence-corrected chi connectivity index (χ0v) is 19.3. The molecule has 0 bridgehead atoms. The third-order valence-electron chi connectivity index (χ3n) is 4.89. The van der Waals surface area contributed by atoms with Gasteiger partial charge in [-0.3, -0.25) is 9.59 Å². The summed E-state index contributed by atoms with van der Waals surface area (Å²) in [5, 5.41) is 7.46. The van der Waals surface area contributed by atoms with E-state index in [2.05, 4.69) is 15.8 Å². The first kappa shape index (κ1) is 24.0. The molecule has 0 aromatic heterocycles. The summed E-state index contributed by atoms with van der Waals surface area (Å²) in [5.74, 6) is -0.104. The van der Waals surface area contributed by atoms with Crippen LogP contribution in [0.25, 0.3) is 0 Å². The Kier molecular flexibility index (Phi) is 8.61. The second-order valence-electron chi connectivity index (χ2n) is 7.74. The van der Waals surface area contributed by atoms with E-state index in [4.69, 9.17) is 16.3 Å². The Balaban J connectivity index is 1.52. The van der Waals surface area contributed by atoms with Crippen LogP contribution < -0.4 is 15.5 Å². The number of nitrogens with one attached hydrogen (secondary N) is 2. The Bertz CT molecular complexity index is 1100. The van der Waals surface area contributed by atoms with Crippen LogP contribution in [0, 0.1) is 5.92 Å². The van der Waals surface area contributed by atoms with Crippen LogP contribution in [0.3, 0.4) is 0 Å². The highest BCUT2D eigenvalue weighted by atomic mass is 35.5. The van der Waals surface area contributed by atoms with Crippen LogP contribution in [0.1, 0.15) is 35.3 Å². The van der Waals surface area contributed by atoms with E-state index in [1.165, 1.54) is 6.21 Å². The molecule has 3 aromatic rings. The Morgan fingerprint density at radius 3 is 2.30 bits per heavy atom. The van der Waals surface area contributed by atoms with Gasteiger partial charge in [0.05, 0.1) is 6.21 Å². The van der Waals surface area contributed by atoms with Gasteiger partial charge in [-0.05, 0) is 53.9 Å². The van der Waals surface area contributed by atoms with Gasteiger partial charge in [-0.25, -0.2) is 5.43 Å². The minimum atomic E-state index is -0.713. The predicted octanol–water partition coefficient (Wildman–Crippen LogP) is 4.82. The summed E-state index contributed by atoms with van der Waals surface area (Å²) in [6.45, 7) is 4.09. The van der Waals surface area contributed by atoms with E-state index in [-0.39, 0.29) is 17.7 Å². The number of carbonyl (C=O) groups excluding carboxylic acids is 2. The molecule has 0 aliphatic rings. The molecule has 2 N–H and O–H groups in total. The molecule has 33 heavy (non-hydrogen) atoms. The summed E-state index contributed by atoms with van der Waals surface area (Å²) in [5.41, 5.74) is 4.70. The van der Waals surface area contributed by atoms with E-state index in [9.17, 15) is 9.59 Å². The lowest BCUT2D eigenvalue weighted by molar-refractivity contribution is -0.123. The van der Waals surface area contributed by atoms with Gasteiger partial charge < -0.3 is 10.1 Å². The number of hydrazone groups is 1. The number of hydrogen-bond acceptors (Lipinski definition) is 4. The Labute approximate surface area is 198 Å². The molecule has 3 rings (SSSR count). The summed E-state index contributed by atoms with van der Waals surface area (Å²) in [6.07, 6.45) is 1.53. The van der Waals surface area contributed by atoms with Crippen LogP contribution in [-0.2, 0) is 11.4 Å². The molecule has 3 aromatic carbocycles. The van der Waals surface area contributed by atoms with E-state index >= 15 is 0 Å². The first-order valence-corrected chi connectivity index (χ1v) is 11.0. The number of nitrogens with zero attached hydrogens (tertiary/aromatic N) is 1. The van der Waals surface area contributed by atoms with Gasteiger partial charge in [0, 0.05) is 16.1 Å². The van der Waals surface area contributed by atoms with Crippen molar-refractivity contribution in [2.75, 3.05) is 0 Å². The van der Waals surface area contributed by atoms with E-state index in [0.29, 0.717) is 22.9 Å². The van der Waals surface area contributed by atoms with Crippen molar-refractivity contribution in [2.45, 2.75) is 26.5 Å². The second-order valence-corrected chi connectivity index (χ2v) is 8.15. The van der Waals surface area contributed by atoms with Crippen molar-refractivity contribution in [3.8, 4) is 5.75 Å². The van der Waals surface area contributed by atoms with Gasteiger partial charge in [0.2, 0.25) is 0 Å². The smallest absolute Gasteiger partial charge is 0.262 e.